The molecule has 0 spiro atoms. The number of rotatable bonds is 2. The van der Waals surface area contributed by atoms with Gasteiger partial charge in [-0.2, -0.15) is 18.2 Å². The van der Waals surface area contributed by atoms with Crippen LogP contribution in [0.3, 0.4) is 0 Å². The van der Waals surface area contributed by atoms with Gasteiger partial charge >= 0.3 is 17.7 Å². The fourth-order valence-electron chi connectivity index (χ4n) is 2.24. The summed E-state index contributed by atoms with van der Waals surface area (Å²) in [5.41, 5.74) is -2.38. The number of pyridine rings is 1. The number of aromatic nitrogens is 1. The molecule has 0 saturated carbocycles. The number of aliphatic imine (C=N–C) groups is 1. The molecule has 1 aromatic rings. The third-order valence-corrected chi connectivity index (χ3v) is 4.33. The Bertz CT molecular complexity index is 633. The number of carbonyl (C=O) groups is 1. The number of hydrogen-bond donors (Lipinski definition) is 1. The monoisotopic (exact) mass is 317 g/mol. The molecule has 112 valence electrons. The molecule has 5 nitrogen and oxygen atoms in total. The van der Waals surface area contributed by atoms with Gasteiger partial charge in [-0.1, -0.05) is 11.8 Å². The molecule has 1 atom stereocenters. The van der Waals surface area contributed by atoms with E-state index >= 15 is 0 Å². The number of amidine groups is 1. The molecule has 0 aromatic carbocycles. The number of alkyl halides is 3. The topological polar surface area (TPSA) is 58.8 Å². The Balaban J connectivity index is 2.06. The molecule has 2 N–H and O–H groups in total. The number of H-pyrrole nitrogens is 1. The maximum atomic E-state index is 13.6. The van der Waals surface area contributed by atoms with Crippen molar-refractivity contribution in [3.8, 4) is 0 Å². The first-order valence-electron chi connectivity index (χ1n) is 6.22. The van der Waals surface area contributed by atoms with Crippen molar-refractivity contribution in [2.75, 3.05) is 17.6 Å². The molecule has 1 saturated heterocycles. The predicted molar refractivity (Wildman–Crippen MR) is 71.7 cm³/mol. The third kappa shape index (κ3) is 2.06. The zero-order chi connectivity index (χ0) is 15.3. The van der Waals surface area contributed by atoms with Gasteiger partial charge in [0.05, 0.1) is 6.20 Å². The lowest BCUT2D eigenvalue weighted by Gasteiger charge is -2.25. The van der Waals surface area contributed by atoms with Crippen molar-refractivity contribution < 1.29 is 22.9 Å². The minimum atomic E-state index is -4.84. The van der Waals surface area contributed by atoms with Gasteiger partial charge in [-0.25, -0.2) is 10.3 Å². The van der Waals surface area contributed by atoms with Crippen LogP contribution < -0.4 is 10.3 Å². The Labute approximate surface area is 122 Å². The Morgan fingerprint density at radius 1 is 1.52 bits per heavy atom. The van der Waals surface area contributed by atoms with E-state index in [0.717, 1.165) is 16.7 Å². The van der Waals surface area contributed by atoms with Crippen LogP contribution >= 0.6 is 11.8 Å². The van der Waals surface area contributed by atoms with E-state index in [9.17, 15) is 18.0 Å². The number of amides is 1. The van der Waals surface area contributed by atoms with Gasteiger partial charge in [0.15, 0.2) is 5.17 Å². The van der Waals surface area contributed by atoms with Gasteiger partial charge in [0, 0.05) is 17.9 Å². The normalized spacial score (nSPS) is 25.0. The first-order chi connectivity index (χ1) is 9.85. The van der Waals surface area contributed by atoms with Crippen LogP contribution in [0.15, 0.2) is 23.3 Å². The molecule has 1 fully saturated rings. The number of aryl methyl sites for hydroxylation is 1. The Hall–Kier alpha value is -1.77. The minimum Gasteiger partial charge on any atom is -0.284 e. The van der Waals surface area contributed by atoms with Crippen LogP contribution in [0.5, 0.6) is 0 Å². The van der Waals surface area contributed by atoms with Gasteiger partial charge in [-0.3, -0.25) is 9.69 Å². The largest absolute Gasteiger partial charge is 0.464 e. The van der Waals surface area contributed by atoms with Crippen molar-refractivity contribution in [1.29, 1.82) is 0 Å². The standard InChI is InChI=1S/C12H11F3N4OS/c1-7-3-2-4-16-8(7)17-11(12(13,14)15)9(20)19-5-6-21-10(19)18-11/h2-4H,5-6H2,1H3,(H,16,17)/p+1/t11-/m1/s1. The average Bonchev–Trinajstić information content (AvgIpc) is 2.95. The molecule has 2 aliphatic heterocycles. The summed E-state index contributed by atoms with van der Waals surface area (Å²) in [4.78, 5) is 19.7. The van der Waals surface area contributed by atoms with Gasteiger partial charge < -0.3 is 0 Å². The molecular weight excluding hydrogens is 305 g/mol. The highest BCUT2D eigenvalue weighted by Crippen LogP contribution is 2.42. The molecule has 0 radical (unpaired) electrons. The van der Waals surface area contributed by atoms with Gasteiger partial charge in [0.2, 0.25) is 0 Å². The summed E-state index contributed by atoms with van der Waals surface area (Å²) in [6, 6.07) is 3.31. The van der Waals surface area contributed by atoms with E-state index in [1.807, 2.05) is 0 Å². The molecular formula is C12H12F3N4OS+. The Kier molecular flexibility index (Phi) is 3.12. The second-order valence-electron chi connectivity index (χ2n) is 4.76. The van der Waals surface area contributed by atoms with E-state index in [1.165, 1.54) is 6.20 Å². The van der Waals surface area contributed by atoms with Gasteiger partial charge in [0.1, 0.15) is 0 Å². The van der Waals surface area contributed by atoms with Crippen LogP contribution in [0, 0.1) is 6.92 Å². The highest BCUT2D eigenvalue weighted by Gasteiger charge is 2.71. The summed E-state index contributed by atoms with van der Waals surface area (Å²) in [6.07, 6.45) is -3.35. The zero-order valence-corrected chi connectivity index (χ0v) is 11.8. The summed E-state index contributed by atoms with van der Waals surface area (Å²) in [7, 11) is 0. The van der Waals surface area contributed by atoms with Crippen molar-refractivity contribution in [3.05, 3.63) is 23.9 Å². The molecule has 1 amide bonds. The number of anilines is 1. The predicted octanol–water partition coefficient (Wildman–Crippen LogP) is 1.42. The number of nitrogens with zero attached hydrogens (tertiary/aromatic N) is 2. The smallest absolute Gasteiger partial charge is 0.284 e. The third-order valence-electron chi connectivity index (χ3n) is 3.38. The maximum Gasteiger partial charge on any atom is 0.464 e. The van der Waals surface area contributed by atoms with E-state index < -0.39 is 17.7 Å². The van der Waals surface area contributed by atoms with E-state index in [2.05, 4.69) is 15.3 Å². The average molecular weight is 317 g/mol. The lowest BCUT2D eigenvalue weighted by molar-refractivity contribution is -0.363. The molecule has 0 unspecified atom stereocenters. The van der Waals surface area contributed by atoms with Gasteiger partial charge in [-0.15, -0.1) is 0 Å². The molecule has 3 rings (SSSR count). The molecule has 9 heteroatoms. The second kappa shape index (κ2) is 4.62. The van der Waals surface area contributed by atoms with Crippen LogP contribution in [-0.4, -0.2) is 40.1 Å². The molecule has 1 aromatic heterocycles. The van der Waals surface area contributed by atoms with E-state index in [1.54, 1.807) is 19.1 Å². The highest BCUT2D eigenvalue weighted by molar-refractivity contribution is 8.14. The molecule has 2 aliphatic rings. The van der Waals surface area contributed by atoms with Gasteiger partial charge in [-0.05, 0) is 19.1 Å². The van der Waals surface area contributed by atoms with Crippen LogP contribution in [0.2, 0.25) is 0 Å². The second-order valence-corrected chi connectivity index (χ2v) is 5.82. The van der Waals surface area contributed by atoms with Crippen molar-refractivity contribution in [2.45, 2.75) is 18.8 Å². The quantitative estimate of drug-likeness (QED) is 0.897. The number of hydrogen-bond acceptors (Lipinski definition) is 4. The Morgan fingerprint density at radius 2 is 2.29 bits per heavy atom. The van der Waals surface area contributed by atoms with E-state index in [4.69, 9.17) is 0 Å². The van der Waals surface area contributed by atoms with Gasteiger partial charge in [0.25, 0.3) is 5.82 Å². The van der Waals surface area contributed by atoms with Crippen LogP contribution in [0.4, 0.5) is 19.0 Å². The SMILES string of the molecule is Cc1ccc[nH+]c1N[C@@]1(C(F)(F)F)N=C2SCCN2C1=O. The van der Waals surface area contributed by atoms with Crippen molar-refractivity contribution >= 4 is 28.7 Å². The summed E-state index contributed by atoms with van der Waals surface area (Å²) >= 11 is 1.15. The molecule has 0 aliphatic carbocycles. The summed E-state index contributed by atoms with van der Waals surface area (Å²) in [6.45, 7) is 1.89. The number of halogens is 3. The van der Waals surface area contributed by atoms with Crippen molar-refractivity contribution in [1.82, 2.24) is 4.90 Å². The summed E-state index contributed by atoms with van der Waals surface area (Å²) in [5.74, 6) is -0.389. The van der Waals surface area contributed by atoms with E-state index in [-0.39, 0.29) is 17.5 Å². The van der Waals surface area contributed by atoms with Crippen molar-refractivity contribution in [3.63, 3.8) is 0 Å². The van der Waals surface area contributed by atoms with Crippen LogP contribution in [0.25, 0.3) is 0 Å². The number of carbonyl (C=O) groups excluding carboxylic acids is 1. The maximum absolute atomic E-state index is 13.6. The van der Waals surface area contributed by atoms with Crippen LogP contribution in [0.1, 0.15) is 5.56 Å². The number of nitrogens with one attached hydrogen (secondary N) is 2. The first-order valence-corrected chi connectivity index (χ1v) is 7.20. The van der Waals surface area contributed by atoms with E-state index in [0.29, 0.717) is 11.3 Å². The molecule has 21 heavy (non-hydrogen) atoms. The number of aromatic amines is 1. The Morgan fingerprint density at radius 3 is 2.90 bits per heavy atom. The lowest BCUT2D eigenvalue weighted by atomic mass is 10.1. The first kappa shape index (κ1) is 14.2. The summed E-state index contributed by atoms with van der Waals surface area (Å²) in [5, 5.41) is 2.39. The van der Waals surface area contributed by atoms with Crippen molar-refractivity contribution in [2.24, 2.45) is 4.99 Å². The fourth-order valence-corrected chi connectivity index (χ4v) is 3.23. The van der Waals surface area contributed by atoms with Crippen LogP contribution in [-0.2, 0) is 4.79 Å². The number of thioether (sulfide) groups is 1. The summed E-state index contributed by atoms with van der Waals surface area (Å²) < 4.78 is 40.7. The highest BCUT2D eigenvalue weighted by atomic mass is 32.2. The zero-order valence-electron chi connectivity index (χ0n) is 11.0. The fraction of sp³-hybridized carbons (Fsp3) is 0.417. The lowest BCUT2D eigenvalue weighted by Crippen LogP contribution is -2.58. The molecule has 0 bridgehead atoms. The number of fused-ring (bicyclic) bond motifs is 1. The minimum absolute atomic E-state index is 0.124. The molecule has 3 heterocycles.